The lowest BCUT2D eigenvalue weighted by Gasteiger charge is -2.19. The summed E-state index contributed by atoms with van der Waals surface area (Å²) in [5, 5.41) is 9.44. The second kappa shape index (κ2) is 5.69. The molecule has 4 nitrogen and oxygen atoms in total. The van der Waals surface area contributed by atoms with Gasteiger partial charge in [0.05, 0.1) is 12.1 Å². The lowest BCUT2D eigenvalue weighted by Crippen LogP contribution is -2.29. The number of nitrogens with one attached hydrogen (secondary N) is 2. The summed E-state index contributed by atoms with van der Waals surface area (Å²) in [7, 11) is 0. The first-order valence-corrected chi connectivity index (χ1v) is 6.50. The average molecular weight is 250 g/mol. The molecule has 1 fully saturated rings. The van der Waals surface area contributed by atoms with Gasteiger partial charge in [0.25, 0.3) is 0 Å². The van der Waals surface area contributed by atoms with Crippen molar-refractivity contribution in [1.82, 2.24) is 10.9 Å². The van der Waals surface area contributed by atoms with Gasteiger partial charge >= 0.3 is 0 Å². The van der Waals surface area contributed by atoms with Gasteiger partial charge in [0, 0.05) is 18.6 Å². The summed E-state index contributed by atoms with van der Waals surface area (Å²) in [6.07, 6.45) is 0.187. The van der Waals surface area contributed by atoms with Gasteiger partial charge in [-0.2, -0.15) is 0 Å². The summed E-state index contributed by atoms with van der Waals surface area (Å²) in [4.78, 5) is 0. The Labute approximate surface area is 108 Å². The Hall–Kier alpha value is -1.10. The molecule has 1 heterocycles. The molecule has 0 radical (unpaired) electrons. The first-order valence-electron chi connectivity index (χ1n) is 6.50. The Morgan fingerprint density at radius 1 is 1.22 bits per heavy atom. The third-order valence-electron chi connectivity index (χ3n) is 3.36. The maximum atomic E-state index is 9.44. The zero-order valence-corrected chi connectivity index (χ0v) is 11.2. The smallest absolute Gasteiger partial charge is 0.119 e. The highest BCUT2D eigenvalue weighted by molar-refractivity contribution is 5.30. The van der Waals surface area contributed by atoms with Crippen LogP contribution in [0.4, 0.5) is 0 Å². The van der Waals surface area contributed by atoms with Gasteiger partial charge in [-0.05, 0) is 38.5 Å². The van der Waals surface area contributed by atoms with Crippen LogP contribution in [0.15, 0.2) is 24.3 Å². The monoisotopic (exact) mass is 250 g/mol. The Balaban J connectivity index is 2.09. The predicted octanol–water partition coefficient (Wildman–Crippen LogP) is 1.62. The van der Waals surface area contributed by atoms with Crippen molar-refractivity contribution in [2.75, 3.05) is 6.61 Å². The maximum absolute atomic E-state index is 9.44. The first kappa shape index (κ1) is 13.3. The molecule has 0 aromatic heterocycles. The molecule has 1 aromatic rings. The largest absolute Gasteiger partial charge is 0.491 e. The van der Waals surface area contributed by atoms with Crippen molar-refractivity contribution in [2.45, 2.75) is 39.0 Å². The molecule has 18 heavy (non-hydrogen) atoms. The standard InChI is InChI=1S/C14H22N2O2/c1-9(2)18-12-6-4-11(5-7-12)14-13(8-17)10(3)15-16-14/h4-7,9-10,13-17H,8H2,1-3H3. The molecule has 4 heteroatoms. The molecule has 100 valence electrons. The van der Waals surface area contributed by atoms with Gasteiger partial charge in [0.1, 0.15) is 5.75 Å². The topological polar surface area (TPSA) is 53.5 Å². The lowest BCUT2D eigenvalue weighted by molar-refractivity contribution is 0.204. The van der Waals surface area contributed by atoms with Gasteiger partial charge in [0.2, 0.25) is 0 Å². The summed E-state index contributed by atoms with van der Waals surface area (Å²) < 4.78 is 5.62. The molecular formula is C14H22N2O2. The summed E-state index contributed by atoms with van der Waals surface area (Å²) in [5.74, 6) is 1.08. The van der Waals surface area contributed by atoms with Crippen molar-refractivity contribution in [1.29, 1.82) is 0 Å². The Bertz CT molecular complexity index is 378. The van der Waals surface area contributed by atoms with Crippen LogP contribution in [0.3, 0.4) is 0 Å². The minimum atomic E-state index is 0.151. The van der Waals surface area contributed by atoms with E-state index in [1.54, 1.807) is 0 Å². The number of ether oxygens (including phenoxy) is 1. The maximum Gasteiger partial charge on any atom is 0.119 e. The third-order valence-corrected chi connectivity index (χ3v) is 3.36. The molecular weight excluding hydrogens is 228 g/mol. The number of hydrogen-bond donors (Lipinski definition) is 3. The van der Waals surface area contributed by atoms with Gasteiger partial charge in [-0.25, -0.2) is 5.43 Å². The van der Waals surface area contributed by atoms with E-state index in [-0.39, 0.29) is 30.7 Å². The van der Waals surface area contributed by atoms with E-state index in [2.05, 4.69) is 29.9 Å². The average Bonchev–Trinajstić information content (AvgIpc) is 2.70. The van der Waals surface area contributed by atoms with Crippen molar-refractivity contribution in [3.8, 4) is 5.75 Å². The molecule has 3 atom stereocenters. The molecule has 1 saturated heterocycles. The number of rotatable bonds is 4. The van der Waals surface area contributed by atoms with E-state index in [0.717, 1.165) is 5.75 Å². The van der Waals surface area contributed by atoms with E-state index in [4.69, 9.17) is 4.74 Å². The lowest BCUT2D eigenvalue weighted by atomic mass is 9.91. The molecule has 3 unspecified atom stereocenters. The number of aliphatic hydroxyl groups is 1. The number of benzene rings is 1. The highest BCUT2D eigenvalue weighted by atomic mass is 16.5. The number of aliphatic hydroxyl groups excluding tert-OH is 1. The van der Waals surface area contributed by atoms with Crippen LogP contribution in [-0.4, -0.2) is 23.9 Å². The fourth-order valence-corrected chi connectivity index (χ4v) is 2.34. The third kappa shape index (κ3) is 2.83. The van der Waals surface area contributed by atoms with Crippen LogP contribution in [0.5, 0.6) is 5.75 Å². The SMILES string of the molecule is CC(C)Oc1ccc(C2NNC(C)C2CO)cc1. The van der Waals surface area contributed by atoms with Gasteiger partial charge in [-0.1, -0.05) is 12.1 Å². The zero-order chi connectivity index (χ0) is 13.1. The summed E-state index contributed by atoms with van der Waals surface area (Å²) >= 11 is 0. The quantitative estimate of drug-likeness (QED) is 0.760. The highest BCUT2D eigenvalue weighted by Crippen LogP contribution is 2.29. The number of hydrazine groups is 1. The Morgan fingerprint density at radius 2 is 1.89 bits per heavy atom. The molecule has 1 aromatic carbocycles. The predicted molar refractivity (Wildman–Crippen MR) is 71.3 cm³/mol. The summed E-state index contributed by atoms with van der Waals surface area (Å²) in [6.45, 7) is 6.28. The second-order valence-electron chi connectivity index (χ2n) is 5.14. The second-order valence-corrected chi connectivity index (χ2v) is 5.14. The summed E-state index contributed by atoms with van der Waals surface area (Å²) in [6, 6.07) is 8.49. The minimum Gasteiger partial charge on any atom is -0.491 e. The van der Waals surface area contributed by atoms with Crippen LogP contribution in [0.1, 0.15) is 32.4 Å². The molecule has 1 aliphatic heterocycles. The van der Waals surface area contributed by atoms with Crippen LogP contribution in [0.25, 0.3) is 0 Å². The normalized spacial score (nSPS) is 27.7. The van der Waals surface area contributed by atoms with Crippen molar-refractivity contribution in [2.24, 2.45) is 5.92 Å². The fraction of sp³-hybridized carbons (Fsp3) is 0.571. The molecule has 3 N–H and O–H groups in total. The van der Waals surface area contributed by atoms with Crippen molar-refractivity contribution in [3.05, 3.63) is 29.8 Å². The molecule has 0 amide bonds. The number of hydrogen-bond acceptors (Lipinski definition) is 4. The molecule has 0 saturated carbocycles. The molecule has 0 spiro atoms. The Morgan fingerprint density at radius 3 is 2.44 bits per heavy atom. The van der Waals surface area contributed by atoms with E-state index in [9.17, 15) is 5.11 Å². The van der Waals surface area contributed by atoms with Gasteiger partial charge in [0.15, 0.2) is 0 Å². The molecule has 1 aliphatic rings. The van der Waals surface area contributed by atoms with E-state index in [1.165, 1.54) is 5.56 Å². The van der Waals surface area contributed by atoms with Crippen molar-refractivity contribution < 1.29 is 9.84 Å². The van der Waals surface area contributed by atoms with Crippen molar-refractivity contribution >= 4 is 0 Å². The zero-order valence-electron chi connectivity index (χ0n) is 11.2. The van der Waals surface area contributed by atoms with Crippen LogP contribution in [-0.2, 0) is 0 Å². The first-order chi connectivity index (χ1) is 8.61. The van der Waals surface area contributed by atoms with Crippen molar-refractivity contribution in [3.63, 3.8) is 0 Å². The van der Waals surface area contributed by atoms with Gasteiger partial charge in [-0.3, -0.25) is 5.43 Å². The van der Waals surface area contributed by atoms with E-state index < -0.39 is 0 Å². The minimum absolute atomic E-state index is 0.151. The van der Waals surface area contributed by atoms with E-state index in [0.29, 0.717) is 0 Å². The molecule has 2 rings (SSSR count). The fourth-order valence-electron chi connectivity index (χ4n) is 2.34. The Kier molecular flexibility index (Phi) is 4.22. The summed E-state index contributed by atoms with van der Waals surface area (Å²) in [5.41, 5.74) is 7.58. The van der Waals surface area contributed by atoms with Crippen LogP contribution in [0, 0.1) is 5.92 Å². The molecule has 0 bridgehead atoms. The molecule has 0 aliphatic carbocycles. The van der Waals surface area contributed by atoms with Crippen LogP contribution in [0.2, 0.25) is 0 Å². The van der Waals surface area contributed by atoms with Gasteiger partial charge < -0.3 is 9.84 Å². The van der Waals surface area contributed by atoms with E-state index >= 15 is 0 Å². The van der Waals surface area contributed by atoms with E-state index in [1.807, 2.05) is 26.0 Å². The van der Waals surface area contributed by atoms with Crippen LogP contribution >= 0.6 is 0 Å². The highest BCUT2D eigenvalue weighted by Gasteiger charge is 2.33. The van der Waals surface area contributed by atoms with Crippen LogP contribution < -0.4 is 15.6 Å². The van der Waals surface area contributed by atoms with Gasteiger partial charge in [-0.15, -0.1) is 0 Å².